The van der Waals surface area contributed by atoms with E-state index in [0.29, 0.717) is 23.6 Å². The molecular weight excluding hydrogens is 406 g/mol. The Morgan fingerprint density at radius 3 is 2.25 bits per heavy atom. The van der Waals surface area contributed by atoms with E-state index in [1.165, 1.54) is 6.92 Å². The number of rotatable bonds is 9. The lowest BCUT2D eigenvalue weighted by Gasteiger charge is -2.16. The van der Waals surface area contributed by atoms with Crippen molar-refractivity contribution < 1.29 is 19.1 Å². The van der Waals surface area contributed by atoms with Crippen LogP contribution in [0.4, 0.5) is 5.69 Å². The van der Waals surface area contributed by atoms with Gasteiger partial charge in [0.1, 0.15) is 18.4 Å². The molecule has 3 amide bonds. The molecule has 0 heterocycles. The summed E-state index contributed by atoms with van der Waals surface area (Å²) < 4.78 is 5.83. The minimum absolute atomic E-state index is 0.203. The van der Waals surface area contributed by atoms with E-state index in [0.717, 1.165) is 11.1 Å². The van der Waals surface area contributed by atoms with Crippen LogP contribution in [0.15, 0.2) is 78.9 Å². The van der Waals surface area contributed by atoms with Gasteiger partial charge >= 0.3 is 0 Å². The fourth-order valence-corrected chi connectivity index (χ4v) is 3.11. The van der Waals surface area contributed by atoms with Gasteiger partial charge in [-0.3, -0.25) is 14.4 Å². The minimum Gasteiger partial charge on any atom is -0.489 e. The van der Waals surface area contributed by atoms with E-state index in [1.54, 1.807) is 24.3 Å². The topological polar surface area (TPSA) is 111 Å². The van der Waals surface area contributed by atoms with E-state index < -0.39 is 17.9 Å². The molecule has 0 spiro atoms. The van der Waals surface area contributed by atoms with Crippen LogP contribution >= 0.6 is 0 Å². The minimum atomic E-state index is -0.887. The van der Waals surface area contributed by atoms with Crippen molar-refractivity contribution >= 4 is 23.4 Å². The first kappa shape index (κ1) is 22.6. The summed E-state index contributed by atoms with van der Waals surface area (Å²) in [7, 11) is 0. The molecule has 4 N–H and O–H groups in total. The third-order valence-corrected chi connectivity index (χ3v) is 4.70. The van der Waals surface area contributed by atoms with Crippen molar-refractivity contribution in [3.05, 3.63) is 95.6 Å². The van der Waals surface area contributed by atoms with Crippen molar-refractivity contribution in [2.75, 3.05) is 5.32 Å². The zero-order valence-corrected chi connectivity index (χ0v) is 17.7. The molecule has 0 aromatic heterocycles. The lowest BCUT2D eigenvalue weighted by Crippen LogP contribution is -2.45. The Bertz CT molecular complexity index is 1080. The maximum atomic E-state index is 12.6. The summed E-state index contributed by atoms with van der Waals surface area (Å²) in [6, 6.07) is 22.6. The van der Waals surface area contributed by atoms with Crippen molar-refractivity contribution in [3.63, 3.8) is 0 Å². The van der Waals surface area contributed by atoms with Gasteiger partial charge in [-0.1, -0.05) is 42.5 Å². The van der Waals surface area contributed by atoms with Gasteiger partial charge in [-0.25, -0.2) is 0 Å². The van der Waals surface area contributed by atoms with Gasteiger partial charge in [-0.15, -0.1) is 0 Å². The lowest BCUT2D eigenvalue weighted by atomic mass is 10.0. The van der Waals surface area contributed by atoms with Gasteiger partial charge in [0.25, 0.3) is 5.91 Å². The molecule has 1 atom stereocenters. The Morgan fingerprint density at radius 2 is 1.59 bits per heavy atom. The number of hydrogen-bond donors (Lipinski definition) is 3. The Kier molecular flexibility index (Phi) is 7.59. The fourth-order valence-electron chi connectivity index (χ4n) is 3.11. The summed E-state index contributed by atoms with van der Waals surface area (Å²) in [5.74, 6) is -0.607. The second kappa shape index (κ2) is 10.8. The van der Waals surface area contributed by atoms with Crippen molar-refractivity contribution in [2.45, 2.75) is 26.0 Å². The Balaban J connectivity index is 1.63. The molecule has 3 aromatic rings. The standard InChI is InChI=1S/C25H25N3O4/c1-17(29)27-21-12-10-20(11-13-21)25(31)28-23(24(26)30)15-19-8-5-9-22(14-19)32-16-18-6-3-2-4-7-18/h2-14,23H,15-16H2,1H3,(H2,26,30)(H,27,29)(H,28,31)/t23-/m1/s1. The summed E-state index contributed by atoms with van der Waals surface area (Å²) in [5.41, 5.74) is 8.31. The molecule has 7 heteroatoms. The van der Waals surface area contributed by atoms with E-state index >= 15 is 0 Å². The Morgan fingerprint density at radius 1 is 0.906 bits per heavy atom. The summed E-state index contributed by atoms with van der Waals surface area (Å²) in [4.78, 5) is 35.7. The molecular formula is C25H25N3O4. The molecule has 3 aromatic carbocycles. The van der Waals surface area contributed by atoms with E-state index in [1.807, 2.05) is 54.6 Å². The number of carbonyl (C=O) groups excluding carboxylic acids is 3. The normalized spacial score (nSPS) is 11.3. The fraction of sp³-hybridized carbons (Fsp3) is 0.160. The van der Waals surface area contributed by atoms with Crippen LogP contribution in [0.1, 0.15) is 28.4 Å². The Labute approximate surface area is 186 Å². The van der Waals surface area contributed by atoms with E-state index in [9.17, 15) is 14.4 Å². The predicted molar refractivity (Wildman–Crippen MR) is 122 cm³/mol. The molecule has 0 fully saturated rings. The summed E-state index contributed by atoms with van der Waals surface area (Å²) in [5, 5.41) is 5.31. The van der Waals surface area contributed by atoms with Gasteiger partial charge in [-0.2, -0.15) is 0 Å². The van der Waals surface area contributed by atoms with Crippen molar-refractivity contribution in [3.8, 4) is 5.75 Å². The highest BCUT2D eigenvalue weighted by molar-refractivity contribution is 5.98. The van der Waals surface area contributed by atoms with Crippen LogP contribution in [0.2, 0.25) is 0 Å². The van der Waals surface area contributed by atoms with Crippen LogP contribution < -0.4 is 21.1 Å². The van der Waals surface area contributed by atoms with Crippen LogP contribution in [-0.2, 0) is 22.6 Å². The summed E-state index contributed by atoms with van der Waals surface area (Å²) >= 11 is 0. The van der Waals surface area contributed by atoms with Crippen molar-refractivity contribution in [2.24, 2.45) is 5.73 Å². The maximum absolute atomic E-state index is 12.6. The molecule has 3 rings (SSSR count). The molecule has 32 heavy (non-hydrogen) atoms. The highest BCUT2D eigenvalue weighted by Crippen LogP contribution is 2.17. The van der Waals surface area contributed by atoms with Gasteiger partial charge in [0.05, 0.1) is 0 Å². The number of ether oxygens (including phenoxy) is 1. The second-order valence-corrected chi connectivity index (χ2v) is 7.31. The van der Waals surface area contributed by atoms with Crippen LogP contribution in [0.5, 0.6) is 5.75 Å². The SMILES string of the molecule is CC(=O)Nc1ccc(C(=O)N[C@H](Cc2cccc(OCc3ccccc3)c2)C(N)=O)cc1. The molecule has 164 valence electrons. The number of benzene rings is 3. The first-order valence-corrected chi connectivity index (χ1v) is 10.1. The molecule has 0 aliphatic heterocycles. The number of primary amides is 1. The zero-order chi connectivity index (χ0) is 22.9. The number of hydrogen-bond acceptors (Lipinski definition) is 4. The maximum Gasteiger partial charge on any atom is 0.251 e. The van der Waals surface area contributed by atoms with E-state index in [-0.39, 0.29) is 12.3 Å². The van der Waals surface area contributed by atoms with Crippen molar-refractivity contribution in [1.29, 1.82) is 0 Å². The number of nitrogens with one attached hydrogen (secondary N) is 2. The third-order valence-electron chi connectivity index (χ3n) is 4.70. The lowest BCUT2D eigenvalue weighted by molar-refractivity contribution is -0.119. The second-order valence-electron chi connectivity index (χ2n) is 7.31. The molecule has 0 unspecified atom stereocenters. The van der Waals surface area contributed by atoms with Gasteiger partial charge in [0.15, 0.2) is 0 Å². The quantitative estimate of drug-likeness (QED) is 0.484. The van der Waals surface area contributed by atoms with E-state index in [4.69, 9.17) is 10.5 Å². The number of anilines is 1. The smallest absolute Gasteiger partial charge is 0.251 e. The average molecular weight is 431 g/mol. The largest absolute Gasteiger partial charge is 0.489 e. The van der Waals surface area contributed by atoms with Gasteiger partial charge in [-0.05, 0) is 47.5 Å². The predicted octanol–water partition coefficient (Wildman–Crippen LogP) is 3.05. The number of nitrogens with two attached hydrogens (primary N) is 1. The molecule has 0 saturated heterocycles. The summed E-state index contributed by atoms with van der Waals surface area (Å²) in [6.45, 7) is 1.83. The average Bonchev–Trinajstić information content (AvgIpc) is 2.78. The first-order chi connectivity index (χ1) is 15.4. The first-order valence-electron chi connectivity index (χ1n) is 10.1. The number of amides is 3. The molecule has 0 aliphatic carbocycles. The highest BCUT2D eigenvalue weighted by atomic mass is 16.5. The molecule has 0 radical (unpaired) electrons. The monoisotopic (exact) mass is 431 g/mol. The molecule has 0 aliphatic rings. The highest BCUT2D eigenvalue weighted by Gasteiger charge is 2.20. The zero-order valence-electron chi connectivity index (χ0n) is 17.7. The van der Waals surface area contributed by atoms with Crippen LogP contribution in [0.25, 0.3) is 0 Å². The van der Waals surface area contributed by atoms with Gasteiger partial charge < -0.3 is 21.1 Å². The summed E-state index contributed by atoms with van der Waals surface area (Å²) in [6.07, 6.45) is 0.230. The molecule has 7 nitrogen and oxygen atoms in total. The van der Waals surface area contributed by atoms with Crippen molar-refractivity contribution in [1.82, 2.24) is 5.32 Å². The third kappa shape index (κ3) is 6.70. The molecule has 0 saturated carbocycles. The van der Waals surface area contributed by atoms with Gasteiger partial charge in [0.2, 0.25) is 11.8 Å². The molecule has 0 bridgehead atoms. The van der Waals surface area contributed by atoms with Crippen LogP contribution in [0, 0.1) is 0 Å². The number of carbonyl (C=O) groups is 3. The van der Waals surface area contributed by atoms with Crippen LogP contribution in [0.3, 0.4) is 0 Å². The van der Waals surface area contributed by atoms with Crippen LogP contribution in [-0.4, -0.2) is 23.8 Å². The van der Waals surface area contributed by atoms with Gasteiger partial charge in [0, 0.05) is 24.6 Å². The van der Waals surface area contributed by atoms with E-state index in [2.05, 4.69) is 10.6 Å². The Hall–Kier alpha value is -4.13.